The number of hydrogen-bond acceptors (Lipinski definition) is 5. The van der Waals surface area contributed by atoms with Crippen LogP contribution in [0.15, 0.2) is 24.3 Å². The normalized spacial score (nSPS) is 16.1. The Labute approximate surface area is 117 Å². The van der Waals surface area contributed by atoms with Crippen molar-refractivity contribution in [2.24, 2.45) is 5.73 Å². The highest BCUT2D eigenvalue weighted by Crippen LogP contribution is 2.28. The molecule has 0 aromatic heterocycles. The number of primary amides is 1. The molecule has 0 aliphatic carbocycles. The molecule has 1 fully saturated rings. The minimum Gasteiger partial charge on any atom is -0.370 e. The summed E-state index contributed by atoms with van der Waals surface area (Å²) < 4.78 is 0. The second-order valence-electron chi connectivity index (χ2n) is 4.79. The van der Waals surface area contributed by atoms with Crippen molar-refractivity contribution in [3.63, 3.8) is 0 Å². The Morgan fingerprint density at radius 2 is 1.90 bits per heavy atom. The fraction of sp³-hybridized carbons (Fsp3) is 0.462. The highest BCUT2D eigenvalue weighted by Gasteiger charge is 2.23. The van der Waals surface area contributed by atoms with Crippen LogP contribution in [0.5, 0.6) is 0 Å². The summed E-state index contributed by atoms with van der Waals surface area (Å²) in [5, 5.41) is 11.0. The van der Waals surface area contributed by atoms with Gasteiger partial charge in [0.15, 0.2) is 0 Å². The molecule has 1 saturated heterocycles. The second-order valence-corrected chi connectivity index (χ2v) is 4.79. The van der Waals surface area contributed by atoms with Crippen LogP contribution in [-0.2, 0) is 4.79 Å². The molecule has 0 unspecified atom stereocenters. The van der Waals surface area contributed by atoms with Gasteiger partial charge in [-0.3, -0.25) is 19.8 Å². The average molecular weight is 278 g/mol. The van der Waals surface area contributed by atoms with Crippen molar-refractivity contribution in [2.45, 2.75) is 6.42 Å². The average Bonchev–Trinajstić information content (AvgIpc) is 2.45. The minimum atomic E-state index is -0.352. The second kappa shape index (κ2) is 6.33. The maximum atomic E-state index is 11.0. The molecule has 1 amide bonds. The Morgan fingerprint density at radius 1 is 1.25 bits per heavy atom. The van der Waals surface area contributed by atoms with Gasteiger partial charge in [-0.25, -0.2) is 0 Å². The molecule has 1 aliphatic rings. The van der Waals surface area contributed by atoms with E-state index in [1.807, 2.05) is 11.0 Å². The highest BCUT2D eigenvalue weighted by molar-refractivity contribution is 5.73. The van der Waals surface area contributed by atoms with Crippen LogP contribution in [-0.4, -0.2) is 48.5 Å². The van der Waals surface area contributed by atoms with Crippen molar-refractivity contribution in [3.8, 4) is 0 Å². The van der Waals surface area contributed by atoms with Gasteiger partial charge in [0.1, 0.15) is 5.69 Å². The largest absolute Gasteiger partial charge is 0.370 e. The van der Waals surface area contributed by atoms with Gasteiger partial charge < -0.3 is 10.6 Å². The summed E-state index contributed by atoms with van der Waals surface area (Å²) in [5.74, 6) is -0.300. The van der Waals surface area contributed by atoms with Crippen LogP contribution in [0.25, 0.3) is 0 Å². The molecule has 1 aromatic carbocycles. The summed E-state index contributed by atoms with van der Waals surface area (Å²) >= 11 is 0. The quantitative estimate of drug-likeness (QED) is 0.628. The van der Waals surface area contributed by atoms with Crippen molar-refractivity contribution >= 4 is 17.3 Å². The van der Waals surface area contributed by atoms with Crippen molar-refractivity contribution < 1.29 is 9.72 Å². The standard InChI is InChI=1S/C13H18N4O3/c14-13(18)5-6-15-7-9-16(10-8-15)11-3-1-2-4-12(11)17(19)20/h1-4H,5-10H2,(H2,14,18). The van der Waals surface area contributed by atoms with Crippen molar-refractivity contribution in [2.75, 3.05) is 37.6 Å². The summed E-state index contributed by atoms with van der Waals surface area (Å²) in [7, 11) is 0. The molecule has 20 heavy (non-hydrogen) atoms. The number of benzene rings is 1. The van der Waals surface area contributed by atoms with Gasteiger partial charge in [0, 0.05) is 45.2 Å². The molecule has 0 saturated carbocycles. The van der Waals surface area contributed by atoms with Crippen LogP contribution >= 0.6 is 0 Å². The summed E-state index contributed by atoms with van der Waals surface area (Å²) in [6.07, 6.45) is 0.353. The van der Waals surface area contributed by atoms with Crippen LogP contribution in [0, 0.1) is 10.1 Å². The lowest BCUT2D eigenvalue weighted by Crippen LogP contribution is -2.47. The first-order valence-corrected chi connectivity index (χ1v) is 6.57. The van der Waals surface area contributed by atoms with Crippen LogP contribution in [0.1, 0.15) is 6.42 Å². The number of para-hydroxylation sites is 2. The van der Waals surface area contributed by atoms with E-state index >= 15 is 0 Å². The first kappa shape index (κ1) is 14.3. The molecule has 2 N–H and O–H groups in total. The maximum Gasteiger partial charge on any atom is 0.292 e. The Bertz CT molecular complexity index is 498. The minimum absolute atomic E-state index is 0.137. The number of piperazine rings is 1. The van der Waals surface area contributed by atoms with Gasteiger partial charge >= 0.3 is 0 Å². The zero-order chi connectivity index (χ0) is 14.5. The van der Waals surface area contributed by atoms with Crippen LogP contribution in [0.3, 0.4) is 0 Å². The number of anilines is 1. The Balaban J connectivity index is 1.97. The third-order valence-corrected chi connectivity index (χ3v) is 3.47. The predicted molar refractivity (Wildman–Crippen MR) is 75.6 cm³/mol. The van der Waals surface area contributed by atoms with Crippen LogP contribution < -0.4 is 10.6 Å². The molecule has 1 aliphatic heterocycles. The number of nitro benzene ring substituents is 1. The van der Waals surface area contributed by atoms with Crippen molar-refractivity contribution in [1.29, 1.82) is 0 Å². The smallest absolute Gasteiger partial charge is 0.292 e. The van der Waals surface area contributed by atoms with E-state index in [-0.39, 0.29) is 16.5 Å². The lowest BCUT2D eigenvalue weighted by Gasteiger charge is -2.35. The van der Waals surface area contributed by atoms with Gasteiger partial charge in [-0.2, -0.15) is 0 Å². The molecule has 0 atom stereocenters. The van der Waals surface area contributed by atoms with Crippen LogP contribution in [0.4, 0.5) is 11.4 Å². The lowest BCUT2D eigenvalue weighted by molar-refractivity contribution is -0.384. The molecule has 0 radical (unpaired) electrons. The number of nitro groups is 1. The van der Waals surface area contributed by atoms with Crippen molar-refractivity contribution in [1.82, 2.24) is 4.90 Å². The SMILES string of the molecule is NC(=O)CCN1CCN(c2ccccc2[N+](=O)[O-])CC1. The molecule has 108 valence electrons. The van der Waals surface area contributed by atoms with E-state index in [9.17, 15) is 14.9 Å². The lowest BCUT2D eigenvalue weighted by atomic mass is 10.2. The van der Waals surface area contributed by atoms with E-state index in [0.717, 1.165) is 13.1 Å². The number of rotatable bonds is 5. The molecule has 2 rings (SSSR count). The van der Waals surface area contributed by atoms with Crippen LogP contribution in [0.2, 0.25) is 0 Å². The fourth-order valence-electron chi connectivity index (χ4n) is 2.37. The zero-order valence-corrected chi connectivity index (χ0v) is 11.2. The number of nitrogens with two attached hydrogens (primary N) is 1. The van der Waals surface area contributed by atoms with E-state index in [4.69, 9.17) is 5.73 Å². The van der Waals surface area contributed by atoms with E-state index < -0.39 is 0 Å². The molecule has 7 heteroatoms. The third kappa shape index (κ3) is 3.45. The van der Waals surface area contributed by atoms with E-state index in [1.165, 1.54) is 6.07 Å². The molecular weight excluding hydrogens is 260 g/mol. The first-order chi connectivity index (χ1) is 9.58. The summed E-state index contributed by atoms with van der Waals surface area (Å²) in [6, 6.07) is 6.78. The predicted octanol–water partition coefficient (Wildman–Crippen LogP) is 0.592. The highest BCUT2D eigenvalue weighted by atomic mass is 16.6. The molecule has 7 nitrogen and oxygen atoms in total. The van der Waals surface area contributed by atoms with Gasteiger partial charge in [0.25, 0.3) is 5.69 Å². The Kier molecular flexibility index (Phi) is 4.52. The molecular formula is C13H18N4O3. The Morgan fingerprint density at radius 3 is 2.50 bits per heavy atom. The van der Waals surface area contributed by atoms with Crippen molar-refractivity contribution in [3.05, 3.63) is 34.4 Å². The number of nitrogens with zero attached hydrogens (tertiary/aromatic N) is 3. The van der Waals surface area contributed by atoms with Gasteiger partial charge in [0.2, 0.25) is 5.91 Å². The summed E-state index contributed by atoms with van der Waals surface area (Å²) in [5.41, 5.74) is 5.93. The molecule has 0 bridgehead atoms. The van der Waals surface area contributed by atoms with E-state index in [2.05, 4.69) is 4.90 Å². The molecule has 0 spiro atoms. The Hall–Kier alpha value is -2.15. The maximum absolute atomic E-state index is 11.0. The van der Waals surface area contributed by atoms with E-state index in [0.29, 0.717) is 31.7 Å². The first-order valence-electron chi connectivity index (χ1n) is 6.57. The summed E-state index contributed by atoms with van der Waals surface area (Å²) in [4.78, 5) is 25.6. The van der Waals surface area contributed by atoms with Gasteiger partial charge in [0.05, 0.1) is 4.92 Å². The zero-order valence-electron chi connectivity index (χ0n) is 11.2. The fourth-order valence-corrected chi connectivity index (χ4v) is 2.37. The summed E-state index contributed by atoms with van der Waals surface area (Å²) in [6.45, 7) is 3.63. The molecule has 1 heterocycles. The number of amides is 1. The number of carbonyl (C=O) groups excluding carboxylic acids is 1. The topological polar surface area (TPSA) is 92.7 Å². The van der Waals surface area contributed by atoms with E-state index in [1.54, 1.807) is 12.1 Å². The van der Waals surface area contributed by atoms with Gasteiger partial charge in [-0.05, 0) is 6.07 Å². The van der Waals surface area contributed by atoms with Gasteiger partial charge in [-0.1, -0.05) is 12.1 Å². The number of carbonyl (C=O) groups is 1. The third-order valence-electron chi connectivity index (χ3n) is 3.47. The number of hydrogen-bond donors (Lipinski definition) is 1. The van der Waals surface area contributed by atoms with Gasteiger partial charge in [-0.15, -0.1) is 0 Å². The monoisotopic (exact) mass is 278 g/mol. The molecule has 1 aromatic rings.